The molecule has 0 spiro atoms. The van der Waals surface area contributed by atoms with Crippen LogP contribution in [-0.4, -0.2) is 23.5 Å². The number of ketones is 1. The third-order valence-corrected chi connectivity index (χ3v) is 2.45. The fourth-order valence-corrected chi connectivity index (χ4v) is 1.47. The highest BCUT2D eigenvalue weighted by atomic mass is 16.6. The minimum atomic E-state index is -1.10. The lowest BCUT2D eigenvalue weighted by atomic mass is 10.1. The lowest BCUT2D eigenvalue weighted by molar-refractivity contribution is -0.163. The average Bonchev–Trinajstić information content (AvgIpc) is 2.27. The molecule has 4 heteroatoms. The number of esters is 1. The molecule has 0 N–H and O–H groups in total. The van der Waals surface area contributed by atoms with Crippen molar-refractivity contribution in [3.05, 3.63) is 29.8 Å². The topological polar surface area (TPSA) is 52.6 Å². The number of rotatable bonds is 5. The third kappa shape index (κ3) is 4.39. The van der Waals surface area contributed by atoms with Gasteiger partial charge in [-0.15, -0.1) is 0 Å². The number of hydrogen-bond donors (Lipinski definition) is 0. The largest absolute Gasteiger partial charge is 0.476 e. The van der Waals surface area contributed by atoms with Crippen molar-refractivity contribution in [3.63, 3.8) is 0 Å². The molecule has 4 nitrogen and oxygen atoms in total. The van der Waals surface area contributed by atoms with Crippen LogP contribution in [0.3, 0.4) is 0 Å². The highest BCUT2D eigenvalue weighted by molar-refractivity contribution is 5.94. The molecular weight excluding hydrogens is 244 g/mol. The molecule has 0 fully saturated rings. The Balaban J connectivity index is 2.85. The van der Waals surface area contributed by atoms with Gasteiger partial charge in [0, 0.05) is 5.56 Å². The predicted molar refractivity (Wildman–Crippen MR) is 72.4 cm³/mol. The number of carbonyl (C=O) groups excluding carboxylic acids is 2. The van der Waals surface area contributed by atoms with Gasteiger partial charge in [-0.1, -0.05) is 12.1 Å². The van der Waals surface area contributed by atoms with Crippen LogP contribution in [0.15, 0.2) is 24.3 Å². The van der Waals surface area contributed by atoms with Gasteiger partial charge in [-0.3, -0.25) is 4.79 Å². The van der Waals surface area contributed by atoms with E-state index in [0.29, 0.717) is 11.3 Å². The zero-order valence-corrected chi connectivity index (χ0v) is 12.0. The summed E-state index contributed by atoms with van der Waals surface area (Å²) in [6.45, 7) is 8.32. The standard InChI is InChI=1S/C15H20O4/c1-10(2)18-14(17)15(4,5)19-13-8-6-7-12(9-13)11(3)16/h6-10H,1-5H3. The molecule has 0 aliphatic carbocycles. The Morgan fingerprint density at radius 1 is 1.21 bits per heavy atom. The molecule has 1 aromatic carbocycles. The molecule has 0 saturated heterocycles. The Bertz CT molecular complexity index is 475. The lowest BCUT2D eigenvalue weighted by Gasteiger charge is -2.25. The molecule has 0 atom stereocenters. The summed E-state index contributed by atoms with van der Waals surface area (Å²) in [4.78, 5) is 23.2. The van der Waals surface area contributed by atoms with E-state index in [-0.39, 0.29) is 11.9 Å². The van der Waals surface area contributed by atoms with E-state index in [0.717, 1.165) is 0 Å². The van der Waals surface area contributed by atoms with E-state index in [1.807, 2.05) is 0 Å². The molecule has 104 valence electrons. The normalized spacial score (nSPS) is 11.3. The van der Waals surface area contributed by atoms with Crippen LogP contribution in [0.2, 0.25) is 0 Å². The van der Waals surface area contributed by atoms with Crippen LogP contribution in [0.25, 0.3) is 0 Å². The van der Waals surface area contributed by atoms with Crippen LogP contribution in [0.5, 0.6) is 5.75 Å². The third-order valence-electron chi connectivity index (χ3n) is 2.45. The van der Waals surface area contributed by atoms with E-state index in [2.05, 4.69) is 0 Å². The van der Waals surface area contributed by atoms with Crippen molar-refractivity contribution in [2.45, 2.75) is 46.3 Å². The second-order valence-corrected chi connectivity index (χ2v) is 5.15. The molecule has 1 rings (SSSR count). The van der Waals surface area contributed by atoms with E-state index in [1.165, 1.54) is 6.92 Å². The molecule has 0 saturated carbocycles. The van der Waals surface area contributed by atoms with Crippen molar-refractivity contribution in [1.29, 1.82) is 0 Å². The number of carbonyl (C=O) groups is 2. The van der Waals surface area contributed by atoms with E-state index in [4.69, 9.17) is 9.47 Å². The smallest absolute Gasteiger partial charge is 0.350 e. The first-order valence-electron chi connectivity index (χ1n) is 6.23. The minimum Gasteiger partial charge on any atom is -0.476 e. The molecule has 0 amide bonds. The van der Waals surface area contributed by atoms with Gasteiger partial charge in [-0.05, 0) is 46.8 Å². The summed E-state index contributed by atoms with van der Waals surface area (Å²) in [7, 11) is 0. The first-order chi connectivity index (χ1) is 8.72. The fraction of sp³-hybridized carbons (Fsp3) is 0.467. The molecule has 0 unspecified atom stereocenters. The van der Waals surface area contributed by atoms with Gasteiger partial charge < -0.3 is 9.47 Å². The van der Waals surface area contributed by atoms with Gasteiger partial charge in [0.05, 0.1) is 6.10 Å². The molecule has 0 aliphatic heterocycles. The summed E-state index contributed by atoms with van der Waals surface area (Å²) in [5.41, 5.74) is -0.551. The van der Waals surface area contributed by atoms with Gasteiger partial charge in [-0.25, -0.2) is 4.79 Å². The maximum atomic E-state index is 11.9. The summed E-state index contributed by atoms with van der Waals surface area (Å²) in [5, 5.41) is 0. The first-order valence-corrected chi connectivity index (χ1v) is 6.23. The summed E-state index contributed by atoms with van der Waals surface area (Å²) in [5.74, 6) is -0.0119. The molecule has 19 heavy (non-hydrogen) atoms. The average molecular weight is 264 g/mol. The Morgan fingerprint density at radius 3 is 2.37 bits per heavy atom. The Hall–Kier alpha value is -1.84. The van der Waals surface area contributed by atoms with Gasteiger partial charge in [0.1, 0.15) is 5.75 Å². The van der Waals surface area contributed by atoms with Gasteiger partial charge in [0.2, 0.25) is 0 Å². The summed E-state index contributed by atoms with van der Waals surface area (Å²) < 4.78 is 10.8. The van der Waals surface area contributed by atoms with Gasteiger partial charge in [0.25, 0.3) is 0 Å². The molecular formula is C15H20O4. The van der Waals surface area contributed by atoms with Crippen LogP contribution < -0.4 is 4.74 Å². The molecule has 0 bridgehead atoms. The monoisotopic (exact) mass is 264 g/mol. The zero-order valence-electron chi connectivity index (χ0n) is 12.0. The molecule has 1 aromatic rings. The van der Waals surface area contributed by atoms with Crippen LogP contribution in [0, 0.1) is 0 Å². The van der Waals surface area contributed by atoms with Gasteiger partial charge in [0.15, 0.2) is 11.4 Å². The minimum absolute atomic E-state index is 0.0481. The highest BCUT2D eigenvalue weighted by Gasteiger charge is 2.32. The fourth-order valence-electron chi connectivity index (χ4n) is 1.47. The number of hydrogen-bond acceptors (Lipinski definition) is 4. The van der Waals surface area contributed by atoms with E-state index >= 15 is 0 Å². The Labute approximate surface area is 113 Å². The van der Waals surface area contributed by atoms with Crippen molar-refractivity contribution in [2.75, 3.05) is 0 Å². The van der Waals surface area contributed by atoms with Crippen molar-refractivity contribution >= 4 is 11.8 Å². The molecule has 0 radical (unpaired) electrons. The number of Topliss-reactive ketones (excluding diaryl/α,β-unsaturated/α-hetero) is 1. The Kier molecular flexibility index (Phi) is 4.70. The number of ether oxygens (including phenoxy) is 2. The van der Waals surface area contributed by atoms with Crippen molar-refractivity contribution < 1.29 is 19.1 Å². The van der Waals surface area contributed by atoms with Crippen LogP contribution >= 0.6 is 0 Å². The van der Waals surface area contributed by atoms with Crippen LogP contribution in [0.4, 0.5) is 0 Å². The molecule has 0 aliphatic rings. The summed E-state index contributed by atoms with van der Waals surface area (Å²) >= 11 is 0. The van der Waals surface area contributed by atoms with Gasteiger partial charge >= 0.3 is 5.97 Å². The second kappa shape index (κ2) is 5.87. The summed E-state index contributed by atoms with van der Waals surface area (Å²) in [6.07, 6.45) is -0.195. The van der Waals surface area contributed by atoms with Crippen LogP contribution in [-0.2, 0) is 9.53 Å². The first kappa shape index (κ1) is 15.2. The summed E-state index contributed by atoms with van der Waals surface area (Å²) in [6, 6.07) is 6.74. The molecule has 0 heterocycles. The Morgan fingerprint density at radius 2 is 1.84 bits per heavy atom. The van der Waals surface area contributed by atoms with Crippen molar-refractivity contribution in [3.8, 4) is 5.75 Å². The quantitative estimate of drug-likeness (QED) is 0.606. The molecule has 0 aromatic heterocycles. The van der Waals surface area contributed by atoms with Crippen molar-refractivity contribution in [2.24, 2.45) is 0 Å². The van der Waals surface area contributed by atoms with E-state index in [9.17, 15) is 9.59 Å². The number of benzene rings is 1. The SMILES string of the molecule is CC(=O)c1cccc(OC(C)(C)C(=O)OC(C)C)c1. The zero-order chi connectivity index (χ0) is 14.6. The highest BCUT2D eigenvalue weighted by Crippen LogP contribution is 2.21. The van der Waals surface area contributed by atoms with E-state index in [1.54, 1.807) is 52.0 Å². The van der Waals surface area contributed by atoms with E-state index < -0.39 is 11.6 Å². The van der Waals surface area contributed by atoms with Gasteiger partial charge in [-0.2, -0.15) is 0 Å². The second-order valence-electron chi connectivity index (χ2n) is 5.15. The predicted octanol–water partition coefficient (Wildman–Crippen LogP) is 3.00. The lowest BCUT2D eigenvalue weighted by Crippen LogP contribution is -2.40. The maximum absolute atomic E-state index is 11.9. The maximum Gasteiger partial charge on any atom is 0.350 e. The van der Waals surface area contributed by atoms with Crippen molar-refractivity contribution in [1.82, 2.24) is 0 Å². The van der Waals surface area contributed by atoms with Crippen LogP contribution in [0.1, 0.15) is 45.0 Å².